The molecule has 0 aliphatic heterocycles. The van der Waals surface area contributed by atoms with Crippen molar-refractivity contribution in [3.05, 3.63) is 54.6 Å². The van der Waals surface area contributed by atoms with Gasteiger partial charge in [0.25, 0.3) is 0 Å². The number of benzene rings is 2. The van der Waals surface area contributed by atoms with Crippen LogP contribution in [0.3, 0.4) is 0 Å². The summed E-state index contributed by atoms with van der Waals surface area (Å²) in [5.41, 5.74) is 1.62. The minimum absolute atomic E-state index is 0.0462. The summed E-state index contributed by atoms with van der Waals surface area (Å²) < 4.78 is 28.4. The van der Waals surface area contributed by atoms with Crippen LogP contribution in [0.1, 0.15) is 6.42 Å². The Kier molecular flexibility index (Phi) is 7.00. The van der Waals surface area contributed by atoms with Crippen molar-refractivity contribution in [1.29, 1.82) is 0 Å². The first-order chi connectivity index (χ1) is 12.0. The van der Waals surface area contributed by atoms with E-state index in [-0.39, 0.29) is 11.8 Å². The van der Waals surface area contributed by atoms with Crippen molar-refractivity contribution in [2.45, 2.75) is 13.0 Å². The third-order valence-electron chi connectivity index (χ3n) is 3.49. The van der Waals surface area contributed by atoms with E-state index in [9.17, 15) is 13.6 Å². The second kappa shape index (κ2) is 9.46. The summed E-state index contributed by atoms with van der Waals surface area (Å²) in [4.78, 5) is 13.9. The molecule has 0 heterocycles. The van der Waals surface area contributed by atoms with Crippen LogP contribution in [-0.2, 0) is 0 Å². The lowest BCUT2D eigenvalue weighted by atomic mass is 10.3. The van der Waals surface area contributed by atoms with Gasteiger partial charge in [-0.3, -0.25) is 0 Å². The molecule has 2 amide bonds. The van der Waals surface area contributed by atoms with E-state index in [4.69, 9.17) is 0 Å². The summed E-state index contributed by atoms with van der Waals surface area (Å²) in [7, 11) is 2.00. The van der Waals surface area contributed by atoms with Gasteiger partial charge in [0.05, 0.1) is 0 Å². The maximum Gasteiger partial charge on any atom is 0.387 e. The number of carbonyl (C=O) groups is 1. The molecule has 2 N–H and O–H groups in total. The maximum absolute atomic E-state index is 12.1. The van der Waals surface area contributed by atoms with E-state index in [0.29, 0.717) is 12.2 Å². The topological polar surface area (TPSA) is 53.6 Å². The minimum atomic E-state index is -2.86. The average molecular weight is 349 g/mol. The Morgan fingerprint density at radius 2 is 1.80 bits per heavy atom. The zero-order valence-electron chi connectivity index (χ0n) is 13.9. The molecule has 0 saturated carbocycles. The summed E-state index contributed by atoms with van der Waals surface area (Å²) in [5, 5.41) is 5.39. The van der Waals surface area contributed by atoms with Crippen LogP contribution in [0.4, 0.5) is 25.0 Å². The van der Waals surface area contributed by atoms with Crippen LogP contribution >= 0.6 is 0 Å². The highest BCUT2D eigenvalue weighted by Crippen LogP contribution is 2.17. The number of nitrogens with one attached hydrogen (secondary N) is 2. The molecule has 2 aromatic carbocycles. The van der Waals surface area contributed by atoms with Gasteiger partial charge in [-0.15, -0.1) is 0 Å². The van der Waals surface area contributed by atoms with E-state index in [0.717, 1.165) is 18.7 Å². The first-order valence-corrected chi connectivity index (χ1v) is 7.90. The van der Waals surface area contributed by atoms with Gasteiger partial charge in [0.15, 0.2) is 0 Å². The van der Waals surface area contributed by atoms with Crippen LogP contribution in [0.25, 0.3) is 0 Å². The minimum Gasteiger partial charge on any atom is -0.435 e. The second-order valence-corrected chi connectivity index (χ2v) is 5.39. The lowest BCUT2D eigenvalue weighted by molar-refractivity contribution is -0.0498. The molecule has 0 aliphatic rings. The predicted molar refractivity (Wildman–Crippen MR) is 94.4 cm³/mol. The van der Waals surface area contributed by atoms with Gasteiger partial charge in [0, 0.05) is 31.5 Å². The maximum atomic E-state index is 12.1. The summed E-state index contributed by atoms with van der Waals surface area (Å²) in [6.07, 6.45) is 0.792. The van der Waals surface area contributed by atoms with Crippen LogP contribution in [0.5, 0.6) is 5.75 Å². The van der Waals surface area contributed by atoms with E-state index in [1.54, 1.807) is 0 Å². The summed E-state index contributed by atoms with van der Waals surface area (Å²) >= 11 is 0. The highest BCUT2D eigenvalue weighted by Gasteiger charge is 2.05. The van der Waals surface area contributed by atoms with Gasteiger partial charge < -0.3 is 20.3 Å². The molecule has 0 fully saturated rings. The fourth-order valence-corrected chi connectivity index (χ4v) is 2.22. The van der Waals surface area contributed by atoms with Crippen molar-refractivity contribution in [2.24, 2.45) is 0 Å². The molecule has 0 aromatic heterocycles. The number of hydrogen-bond acceptors (Lipinski definition) is 3. The second-order valence-electron chi connectivity index (χ2n) is 5.39. The van der Waals surface area contributed by atoms with E-state index in [1.807, 2.05) is 37.4 Å². The summed E-state index contributed by atoms with van der Waals surface area (Å²) in [5.74, 6) is 0.0462. The third kappa shape index (κ3) is 6.66. The predicted octanol–water partition coefficient (Wildman–Crippen LogP) is 3.94. The molecule has 0 aliphatic carbocycles. The number of halogens is 2. The number of nitrogens with zero attached hydrogens (tertiary/aromatic N) is 1. The molecule has 134 valence electrons. The molecule has 5 nitrogen and oxygen atoms in total. The summed E-state index contributed by atoms with van der Waals surface area (Å²) in [6, 6.07) is 15.4. The Bertz CT molecular complexity index is 651. The first-order valence-electron chi connectivity index (χ1n) is 7.90. The van der Waals surface area contributed by atoms with Crippen LogP contribution in [0.15, 0.2) is 54.6 Å². The Hall–Kier alpha value is -2.83. The van der Waals surface area contributed by atoms with Gasteiger partial charge in [-0.05, 0) is 42.8 Å². The molecular formula is C18H21F2N3O2. The number of ether oxygens (including phenoxy) is 1. The summed E-state index contributed by atoms with van der Waals surface area (Å²) in [6.45, 7) is -1.53. The monoisotopic (exact) mass is 349 g/mol. The van der Waals surface area contributed by atoms with Gasteiger partial charge in [-0.2, -0.15) is 8.78 Å². The lowest BCUT2D eigenvalue weighted by Gasteiger charge is -2.19. The lowest BCUT2D eigenvalue weighted by Crippen LogP contribution is -2.31. The van der Waals surface area contributed by atoms with Gasteiger partial charge in [0.1, 0.15) is 5.75 Å². The fourth-order valence-electron chi connectivity index (χ4n) is 2.22. The Balaban J connectivity index is 1.67. The number of urea groups is 1. The molecule has 7 heteroatoms. The third-order valence-corrected chi connectivity index (χ3v) is 3.49. The van der Waals surface area contributed by atoms with Crippen molar-refractivity contribution in [3.63, 3.8) is 0 Å². The van der Waals surface area contributed by atoms with Crippen LogP contribution in [-0.4, -0.2) is 32.8 Å². The van der Waals surface area contributed by atoms with Gasteiger partial charge >= 0.3 is 12.6 Å². The van der Waals surface area contributed by atoms with E-state index in [2.05, 4.69) is 20.3 Å². The van der Waals surface area contributed by atoms with Crippen molar-refractivity contribution in [1.82, 2.24) is 5.32 Å². The molecule has 0 radical (unpaired) electrons. The largest absolute Gasteiger partial charge is 0.435 e. The number of para-hydroxylation sites is 1. The zero-order chi connectivity index (χ0) is 18.1. The number of carbonyl (C=O) groups excluding carboxylic acids is 1. The Morgan fingerprint density at radius 1 is 1.12 bits per heavy atom. The van der Waals surface area contributed by atoms with Crippen LogP contribution in [0, 0.1) is 0 Å². The molecule has 0 bridgehead atoms. The number of alkyl halides is 2. The molecule has 0 saturated heterocycles. The Morgan fingerprint density at radius 3 is 2.44 bits per heavy atom. The van der Waals surface area contributed by atoms with Crippen molar-refractivity contribution >= 4 is 17.4 Å². The normalized spacial score (nSPS) is 10.4. The van der Waals surface area contributed by atoms with Crippen LogP contribution in [0.2, 0.25) is 0 Å². The smallest absolute Gasteiger partial charge is 0.387 e. The van der Waals surface area contributed by atoms with Gasteiger partial charge in [-0.1, -0.05) is 18.2 Å². The molecule has 25 heavy (non-hydrogen) atoms. The quantitative estimate of drug-likeness (QED) is 0.710. The highest BCUT2D eigenvalue weighted by atomic mass is 19.3. The fraction of sp³-hybridized carbons (Fsp3) is 0.278. The first kappa shape index (κ1) is 18.5. The number of anilines is 2. The average Bonchev–Trinajstić information content (AvgIpc) is 2.60. The molecule has 2 rings (SSSR count). The molecular weight excluding hydrogens is 328 g/mol. The number of rotatable bonds is 8. The standard InChI is InChI=1S/C18H21F2N3O2/c1-23(15-6-3-2-4-7-15)13-5-12-21-18(24)22-14-8-10-16(11-9-14)25-17(19)20/h2-4,6-11,17H,5,12-13H2,1H3,(H2,21,22,24). The van der Waals surface area contributed by atoms with E-state index >= 15 is 0 Å². The van der Waals surface area contributed by atoms with Crippen molar-refractivity contribution < 1.29 is 18.3 Å². The SMILES string of the molecule is CN(CCCNC(=O)Nc1ccc(OC(F)F)cc1)c1ccccc1. The van der Waals surface area contributed by atoms with Gasteiger partial charge in [0.2, 0.25) is 0 Å². The number of amides is 2. The zero-order valence-corrected chi connectivity index (χ0v) is 13.9. The molecule has 0 unspecified atom stereocenters. The highest BCUT2D eigenvalue weighted by molar-refractivity contribution is 5.89. The van der Waals surface area contributed by atoms with E-state index < -0.39 is 6.61 Å². The molecule has 2 aromatic rings. The van der Waals surface area contributed by atoms with Crippen LogP contribution < -0.4 is 20.3 Å². The number of hydrogen-bond donors (Lipinski definition) is 2. The molecule has 0 spiro atoms. The van der Waals surface area contributed by atoms with Crippen molar-refractivity contribution in [3.8, 4) is 5.75 Å². The Labute approximate surface area is 145 Å². The molecule has 0 atom stereocenters. The van der Waals surface area contributed by atoms with E-state index in [1.165, 1.54) is 24.3 Å². The van der Waals surface area contributed by atoms with Crippen molar-refractivity contribution in [2.75, 3.05) is 30.4 Å². The van der Waals surface area contributed by atoms with Gasteiger partial charge in [-0.25, -0.2) is 4.79 Å².